The number of rotatable bonds is 7. The summed E-state index contributed by atoms with van der Waals surface area (Å²) in [5, 5.41) is 1.21. The molecule has 0 saturated carbocycles. The number of hydrogen-bond acceptors (Lipinski definition) is 4. The second-order valence-corrected chi connectivity index (χ2v) is 10.2. The quantitative estimate of drug-likeness (QED) is 0.559. The fraction of sp³-hybridized carbons (Fsp3) is 0.464. The van der Waals surface area contributed by atoms with E-state index in [0.29, 0.717) is 36.8 Å². The molecule has 5 heterocycles. The number of piperidine rings is 1. The van der Waals surface area contributed by atoms with E-state index in [1.54, 1.807) is 0 Å². The maximum Gasteiger partial charge on any atom is 0.258 e. The van der Waals surface area contributed by atoms with E-state index in [4.69, 9.17) is 4.74 Å². The third-order valence-corrected chi connectivity index (χ3v) is 8.03. The Bertz CT molecular complexity index is 1220. The lowest BCUT2D eigenvalue weighted by molar-refractivity contribution is -0.128. The minimum absolute atomic E-state index is 0.0840. The minimum Gasteiger partial charge on any atom is -0.491 e. The third-order valence-electron chi connectivity index (χ3n) is 8.03. The Kier molecular flexibility index (Phi) is 5.92. The molecule has 3 saturated heterocycles. The van der Waals surface area contributed by atoms with Crippen LogP contribution in [-0.2, 0) is 11.2 Å². The molecule has 3 aliphatic heterocycles. The lowest BCUT2D eigenvalue weighted by atomic mass is 9.85. The van der Waals surface area contributed by atoms with Crippen LogP contribution >= 0.6 is 0 Å². The van der Waals surface area contributed by atoms with E-state index in [1.807, 2.05) is 41.6 Å². The van der Waals surface area contributed by atoms with Crippen LogP contribution in [0.1, 0.15) is 54.4 Å². The highest BCUT2D eigenvalue weighted by atomic mass is 16.5. The highest BCUT2D eigenvalue weighted by Crippen LogP contribution is 2.41. The highest BCUT2D eigenvalue weighted by molar-refractivity contribution is 5.97. The summed E-state index contributed by atoms with van der Waals surface area (Å²) in [5.41, 5.74) is 2.93. The van der Waals surface area contributed by atoms with Gasteiger partial charge in [-0.05, 0) is 74.3 Å². The molecule has 0 spiro atoms. The summed E-state index contributed by atoms with van der Waals surface area (Å²) >= 11 is 0. The predicted molar refractivity (Wildman–Crippen MR) is 133 cm³/mol. The van der Waals surface area contributed by atoms with E-state index in [-0.39, 0.29) is 23.9 Å². The van der Waals surface area contributed by atoms with E-state index in [0.717, 1.165) is 50.7 Å². The monoisotopic (exact) mass is 472 g/mol. The molecule has 182 valence electrons. The lowest BCUT2D eigenvalue weighted by Crippen LogP contribution is -2.47. The average molecular weight is 473 g/mol. The van der Waals surface area contributed by atoms with Crippen LogP contribution in [0.25, 0.3) is 11.0 Å². The molecular formula is C28H32N4O3. The first kappa shape index (κ1) is 22.1. The van der Waals surface area contributed by atoms with Gasteiger partial charge in [0.2, 0.25) is 5.91 Å². The summed E-state index contributed by atoms with van der Waals surface area (Å²) in [5.74, 6) is 1.47. The number of aromatic amines is 1. The Balaban J connectivity index is 1.13. The molecule has 0 aliphatic carbocycles. The van der Waals surface area contributed by atoms with Crippen LogP contribution in [0.15, 0.2) is 48.8 Å². The van der Waals surface area contributed by atoms with Crippen LogP contribution in [0.5, 0.6) is 5.75 Å². The minimum atomic E-state index is 0.0840. The Hall–Kier alpha value is -3.35. The van der Waals surface area contributed by atoms with Crippen LogP contribution < -0.4 is 4.74 Å². The summed E-state index contributed by atoms with van der Waals surface area (Å²) in [4.78, 5) is 37.2. The number of pyridine rings is 1. The SMILES string of the molecule is O=C1CCCN1CCOc1ccccc1C(=O)N1C2CCC1CC(Cc1ccnc3[nH]ccc13)C2. The zero-order valence-electron chi connectivity index (χ0n) is 20.0. The molecule has 1 N–H and O–H groups in total. The number of fused-ring (bicyclic) bond motifs is 3. The molecule has 3 fully saturated rings. The van der Waals surface area contributed by atoms with E-state index >= 15 is 0 Å². The van der Waals surface area contributed by atoms with Crippen molar-refractivity contribution in [2.24, 2.45) is 5.92 Å². The molecule has 0 radical (unpaired) electrons. The zero-order chi connectivity index (χ0) is 23.8. The molecule has 2 bridgehead atoms. The van der Waals surface area contributed by atoms with Crippen molar-refractivity contribution in [1.29, 1.82) is 0 Å². The maximum atomic E-state index is 13.7. The summed E-state index contributed by atoms with van der Waals surface area (Å²) in [6, 6.07) is 12.4. The fourth-order valence-corrected chi connectivity index (χ4v) is 6.41. The second-order valence-electron chi connectivity index (χ2n) is 10.2. The first-order chi connectivity index (χ1) is 17.2. The molecule has 7 nitrogen and oxygen atoms in total. The topological polar surface area (TPSA) is 78.5 Å². The molecule has 6 rings (SSSR count). The van der Waals surface area contributed by atoms with Gasteiger partial charge < -0.3 is 19.5 Å². The van der Waals surface area contributed by atoms with Crippen molar-refractivity contribution in [2.75, 3.05) is 19.7 Å². The van der Waals surface area contributed by atoms with Crippen molar-refractivity contribution in [2.45, 2.75) is 57.0 Å². The van der Waals surface area contributed by atoms with Gasteiger partial charge in [-0.3, -0.25) is 9.59 Å². The number of benzene rings is 1. The molecular weight excluding hydrogens is 440 g/mol. The maximum absolute atomic E-state index is 13.7. The predicted octanol–water partition coefficient (Wildman–Crippen LogP) is 4.19. The number of likely N-dealkylation sites (tertiary alicyclic amines) is 1. The van der Waals surface area contributed by atoms with Gasteiger partial charge in [0.05, 0.1) is 12.1 Å². The second kappa shape index (κ2) is 9.36. The molecule has 3 aliphatic rings. The lowest BCUT2D eigenvalue weighted by Gasteiger charge is -2.39. The molecule has 2 unspecified atom stereocenters. The van der Waals surface area contributed by atoms with E-state index < -0.39 is 0 Å². The number of nitrogens with one attached hydrogen (secondary N) is 1. The van der Waals surface area contributed by atoms with E-state index in [2.05, 4.69) is 27.0 Å². The number of carbonyl (C=O) groups excluding carboxylic acids is 2. The van der Waals surface area contributed by atoms with Crippen molar-refractivity contribution >= 4 is 22.8 Å². The van der Waals surface area contributed by atoms with Crippen LogP contribution in [0.3, 0.4) is 0 Å². The number of amides is 2. The first-order valence-electron chi connectivity index (χ1n) is 12.9. The van der Waals surface area contributed by atoms with Gasteiger partial charge in [0, 0.05) is 42.8 Å². The van der Waals surface area contributed by atoms with Crippen molar-refractivity contribution in [3.8, 4) is 5.75 Å². The Morgan fingerprint density at radius 3 is 2.74 bits per heavy atom. The number of H-pyrrole nitrogens is 1. The fourth-order valence-electron chi connectivity index (χ4n) is 6.41. The summed E-state index contributed by atoms with van der Waals surface area (Å²) < 4.78 is 6.03. The van der Waals surface area contributed by atoms with Gasteiger partial charge in [-0.25, -0.2) is 4.98 Å². The van der Waals surface area contributed by atoms with Gasteiger partial charge in [-0.1, -0.05) is 12.1 Å². The number of nitrogens with zero attached hydrogens (tertiary/aromatic N) is 3. The van der Waals surface area contributed by atoms with Gasteiger partial charge in [0.25, 0.3) is 5.91 Å². The van der Waals surface area contributed by atoms with Crippen LogP contribution in [-0.4, -0.2) is 63.4 Å². The molecule has 7 heteroatoms. The van der Waals surface area contributed by atoms with Gasteiger partial charge in [0.15, 0.2) is 0 Å². The van der Waals surface area contributed by atoms with Gasteiger partial charge >= 0.3 is 0 Å². The summed E-state index contributed by atoms with van der Waals surface area (Å²) in [7, 11) is 0. The van der Waals surface area contributed by atoms with Crippen LogP contribution in [0.2, 0.25) is 0 Å². The molecule has 3 aromatic rings. The van der Waals surface area contributed by atoms with E-state index in [1.165, 1.54) is 10.9 Å². The number of para-hydroxylation sites is 1. The van der Waals surface area contributed by atoms with Crippen LogP contribution in [0, 0.1) is 5.92 Å². The normalized spacial score (nSPS) is 23.9. The Labute approximate surface area is 205 Å². The Morgan fingerprint density at radius 1 is 1.11 bits per heavy atom. The molecule has 2 amide bonds. The number of carbonyl (C=O) groups is 2. The summed E-state index contributed by atoms with van der Waals surface area (Å²) in [6.07, 6.45) is 10.6. The number of hydrogen-bond donors (Lipinski definition) is 1. The molecule has 35 heavy (non-hydrogen) atoms. The highest BCUT2D eigenvalue weighted by Gasteiger charge is 2.43. The van der Waals surface area contributed by atoms with Crippen molar-refractivity contribution in [3.63, 3.8) is 0 Å². The summed E-state index contributed by atoms with van der Waals surface area (Å²) in [6.45, 7) is 1.78. The number of aromatic nitrogens is 2. The average Bonchev–Trinajstić information content (AvgIpc) is 3.58. The van der Waals surface area contributed by atoms with Crippen molar-refractivity contribution < 1.29 is 14.3 Å². The smallest absolute Gasteiger partial charge is 0.258 e. The zero-order valence-corrected chi connectivity index (χ0v) is 20.0. The van der Waals surface area contributed by atoms with E-state index in [9.17, 15) is 9.59 Å². The van der Waals surface area contributed by atoms with Gasteiger partial charge in [-0.2, -0.15) is 0 Å². The van der Waals surface area contributed by atoms with Gasteiger partial charge in [0.1, 0.15) is 18.0 Å². The number of ether oxygens (including phenoxy) is 1. The standard InChI is InChI=1S/C28H32N4O3/c33-26-6-3-13-31(26)14-15-35-25-5-2-1-4-24(25)28(34)32-21-7-8-22(32)18-19(17-21)16-20-9-11-29-27-23(20)10-12-30-27/h1-2,4-5,9-12,19,21-22H,3,6-8,13-18H2,(H,29,30). The largest absolute Gasteiger partial charge is 0.491 e. The molecule has 1 aromatic carbocycles. The van der Waals surface area contributed by atoms with Crippen molar-refractivity contribution in [1.82, 2.24) is 19.8 Å². The van der Waals surface area contributed by atoms with Crippen molar-refractivity contribution in [3.05, 3.63) is 59.9 Å². The molecule has 2 atom stereocenters. The third kappa shape index (κ3) is 4.28. The van der Waals surface area contributed by atoms with Crippen LogP contribution in [0.4, 0.5) is 0 Å². The molecule has 2 aromatic heterocycles. The first-order valence-corrected chi connectivity index (χ1v) is 12.9. The van der Waals surface area contributed by atoms with Gasteiger partial charge in [-0.15, -0.1) is 0 Å². The Morgan fingerprint density at radius 2 is 1.94 bits per heavy atom.